The summed E-state index contributed by atoms with van der Waals surface area (Å²) in [5.74, 6) is -6.27. The number of aliphatic carboxylic acids is 1. The van der Waals surface area contributed by atoms with Crippen LogP contribution in [0.15, 0.2) is 24.5 Å². The summed E-state index contributed by atoms with van der Waals surface area (Å²) >= 11 is 0.813. The van der Waals surface area contributed by atoms with Crippen molar-refractivity contribution in [3.05, 3.63) is 30.1 Å². The fourth-order valence-electron chi connectivity index (χ4n) is 1.66. The molecule has 174 valence electrons. The second-order valence-electron chi connectivity index (χ2n) is 5.59. The number of halogens is 6. The van der Waals surface area contributed by atoms with Gasteiger partial charge in [0.05, 0.1) is 11.3 Å². The third kappa shape index (κ3) is 12.5. The fourth-order valence-corrected chi connectivity index (χ4v) is 2.52. The molecule has 1 aromatic rings. The van der Waals surface area contributed by atoms with Crippen LogP contribution in [0.4, 0.5) is 26.3 Å². The van der Waals surface area contributed by atoms with Gasteiger partial charge in [0.2, 0.25) is 11.7 Å². The predicted molar refractivity (Wildman–Crippen MR) is 96.0 cm³/mol. The monoisotopic (exact) mass is 477 g/mol. The largest absolute Gasteiger partial charge is 0.490 e. The number of nitrogens with zero attached hydrogens (tertiary/aromatic N) is 1. The number of nitrogens with two attached hydrogens (primary N) is 1. The van der Waals surface area contributed by atoms with Gasteiger partial charge < -0.3 is 16.2 Å². The van der Waals surface area contributed by atoms with Crippen molar-refractivity contribution < 1.29 is 50.6 Å². The van der Waals surface area contributed by atoms with Crippen LogP contribution in [-0.4, -0.2) is 63.6 Å². The van der Waals surface area contributed by atoms with E-state index in [1.165, 1.54) is 18.5 Å². The molecule has 8 nitrogen and oxygen atoms in total. The zero-order valence-electron chi connectivity index (χ0n) is 15.5. The lowest BCUT2D eigenvalue weighted by atomic mass is 10.1. The first-order valence-corrected chi connectivity index (χ1v) is 9.29. The van der Waals surface area contributed by atoms with Crippen LogP contribution in [0.1, 0.15) is 23.2 Å². The number of carbonyl (C=O) groups excluding carboxylic acids is 3. The van der Waals surface area contributed by atoms with E-state index in [1.54, 1.807) is 6.07 Å². The highest BCUT2D eigenvalue weighted by molar-refractivity contribution is 7.99. The summed E-state index contributed by atoms with van der Waals surface area (Å²) in [6.45, 7) is 0. The van der Waals surface area contributed by atoms with Crippen molar-refractivity contribution in [2.24, 2.45) is 5.73 Å². The quantitative estimate of drug-likeness (QED) is 0.365. The second-order valence-corrected chi connectivity index (χ2v) is 6.69. The molecule has 0 radical (unpaired) electrons. The molecule has 15 heteroatoms. The maximum Gasteiger partial charge on any atom is 0.490 e. The van der Waals surface area contributed by atoms with Crippen molar-refractivity contribution in [1.29, 1.82) is 0 Å². The molecule has 4 N–H and O–H groups in total. The van der Waals surface area contributed by atoms with Crippen molar-refractivity contribution in [1.82, 2.24) is 10.3 Å². The molecule has 0 unspecified atom stereocenters. The van der Waals surface area contributed by atoms with Crippen LogP contribution in [0.3, 0.4) is 0 Å². The third-order valence-corrected chi connectivity index (χ3v) is 4.19. The van der Waals surface area contributed by atoms with E-state index >= 15 is 0 Å². The number of aromatic nitrogens is 1. The average molecular weight is 477 g/mol. The van der Waals surface area contributed by atoms with Gasteiger partial charge in [-0.3, -0.25) is 19.4 Å². The van der Waals surface area contributed by atoms with E-state index in [0.717, 1.165) is 11.8 Å². The number of alkyl halides is 6. The van der Waals surface area contributed by atoms with Gasteiger partial charge in [-0.2, -0.15) is 38.1 Å². The topological polar surface area (TPSA) is 139 Å². The summed E-state index contributed by atoms with van der Waals surface area (Å²) in [7, 11) is 0. The Bertz CT molecular complexity index is 758. The molecule has 0 aliphatic carbocycles. The fraction of sp³-hybridized carbons (Fsp3) is 0.438. The van der Waals surface area contributed by atoms with Gasteiger partial charge in [0.25, 0.3) is 5.91 Å². The highest BCUT2D eigenvalue weighted by Gasteiger charge is 2.38. The number of thioether (sulfide) groups is 1. The minimum atomic E-state index is -5.08. The Labute approximate surface area is 175 Å². The molecule has 1 heterocycles. The molecule has 0 bridgehead atoms. The summed E-state index contributed by atoms with van der Waals surface area (Å²) in [6.07, 6.45) is -6.63. The Morgan fingerprint density at radius 1 is 1.13 bits per heavy atom. The maximum atomic E-state index is 12.0. The smallest absolute Gasteiger partial charge is 0.475 e. The van der Waals surface area contributed by atoms with Crippen LogP contribution in [-0.2, 0) is 14.4 Å². The number of hydrogen-bond acceptors (Lipinski definition) is 6. The molecular weight excluding hydrogens is 460 g/mol. The van der Waals surface area contributed by atoms with Crippen molar-refractivity contribution in [3.8, 4) is 0 Å². The molecule has 0 aliphatic rings. The van der Waals surface area contributed by atoms with E-state index in [1.807, 2.05) is 0 Å². The van der Waals surface area contributed by atoms with Crippen LogP contribution < -0.4 is 11.1 Å². The first-order chi connectivity index (χ1) is 14.2. The second kappa shape index (κ2) is 12.8. The standard InChI is InChI=1S/C14H16F3N3O3S.C2HF3O2/c15-14(16,17)11(21)8-24-6-2-4-10(12(18)22)20-13(23)9-3-1-5-19-7-9;3-2(4,5)1(6)7/h1,3,5,7,10H,2,4,6,8H2,(H2,18,22)(H,20,23);(H,6,7)/t10-;/m0./s1. The van der Waals surface area contributed by atoms with E-state index in [-0.39, 0.29) is 17.7 Å². The lowest BCUT2D eigenvalue weighted by molar-refractivity contribution is -0.192. The molecule has 0 aliphatic heterocycles. The van der Waals surface area contributed by atoms with Crippen LogP contribution >= 0.6 is 11.8 Å². The van der Waals surface area contributed by atoms with Crippen LogP contribution in [0.5, 0.6) is 0 Å². The normalized spacial score (nSPS) is 12.2. The Kier molecular flexibility index (Phi) is 11.6. The van der Waals surface area contributed by atoms with Crippen LogP contribution in [0.25, 0.3) is 0 Å². The van der Waals surface area contributed by atoms with Crippen molar-refractivity contribution in [3.63, 3.8) is 0 Å². The number of nitrogens with one attached hydrogen (secondary N) is 1. The molecule has 1 atom stereocenters. The van der Waals surface area contributed by atoms with Crippen molar-refractivity contribution >= 4 is 35.3 Å². The predicted octanol–water partition coefficient (Wildman–Crippen LogP) is 1.94. The van der Waals surface area contributed by atoms with Gasteiger partial charge in [0.15, 0.2) is 0 Å². The highest BCUT2D eigenvalue weighted by Crippen LogP contribution is 2.19. The Morgan fingerprint density at radius 2 is 1.71 bits per heavy atom. The first-order valence-electron chi connectivity index (χ1n) is 8.14. The number of amides is 2. The van der Waals surface area contributed by atoms with Gasteiger partial charge >= 0.3 is 18.3 Å². The molecule has 0 fully saturated rings. The number of carbonyl (C=O) groups is 4. The lowest BCUT2D eigenvalue weighted by Crippen LogP contribution is -2.44. The van der Waals surface area contributed by atoms with E-state index in [0.29, 0.717) is 6.42 Å². The molecule has 0 saturated heterocycles. The van der Waals surface area contributed by atoms with Gasteiger partial charge in [-0.05, 0) is 30.7 Å². The van der Waals surface area contributed by atoms with Gasteiger partial charge in [0.1, 0.15) is 6.04 Å². The number of pyridine rings is 1. The third-order valence-electron chi connectivity index (χ3n) is 3.15. The number of rotatable bonds is 9. The van der Waals surface area contributed by atoms with Gasteiger partial charge in [-0.1, -0.05) is 0 Å². The van der Waals surface area contributed by atoms with Gasteiger partial charge in [0, 0.05) is 12.4 Å². The van der Waals surface area contributed by atoms with E-state index in [4.69, 9.17) is 15.6 Å². The molecule has 0 aromatic carbocycles. The minimum absolute atomic E-state index is 0.161. The molecule has 0 saturated carbocycles. The van der Waals surface area contributed by atoms with Crippen LogP contribution in [0, 0.1) is 0 Å². The molecule has 31 heavy (non-hydrogen) atoms. The number of carboxylic acids is 1. The lowest BCUT2D eigenvalue weighted by Gasteiger charge is -2.15. The summed E-state index contributed by atoms with van der Waals surface area (Å²) in [6, 6.07) is 2.12. The summed E-state index contributed by atoms with van der Waals surface area (Å²) in [5.41, 5.74) is 5.46. The number of Topliss-reactive ketones (excluding diaryl/α,β-unsaturated/α-hetero) is 1. The first kappa shape index (κ1) is 28.2. The SMILES string of the molecule is NC(=O)[C@H](CCCSCC(=O)C(F)(F)F)NC(=O)c1cccnc1.O=C(O)C(F)(F)F. The molecular formula is C16H17F6N3O5S. The Morgan fingerprint density at radius 3 is 2.13 bits per heavy atom. The summed E-state index contributed by atoms with van der Waals surface area (Å²) < 4.78 is 67.8. The maximum absolute atomic E-state index is 12.0. The zero-order valence-corrected chi connectivity index (χ0v) is 16.3. The van der Waals surface area contributed by atoms with E-state index < -0.39 is 47.7 Å². The van der Waals surface area contributed by atoms with Crippen LogP contribution in [0.2, 0.25) is 0 Å². The minimum Gasteiger partial charge on any atom is -0.475 e. The number of hydrogen-bond donors (Lipinski definition) is 3. The molecule has 1 aromatic heterocycles. The summed E-state index contributed by atoms with van der Waals surface area (Å²) in [5, 5.41) is 9.57. The van der Waals surface area contributed by atoms with Gasteiger partial charge in [-0.15, -0.1) is 0 Å². The van der Waals surface area contributed by atoms with Crippen molar-refractivity contribution in [2.75, 3.05) is 11.5 Å². The summed E-state index contributed by atoms with van der Waals surface area (Å²) in [4.78, 5) is 46.6. The number of carboxylic acid groups (broad SMARTS) is 1. The zero-order chi connectivity index (χ0) is 24.2. The number of primary amides is 1. The van der Waals surface area contributed by atoms with Crippen molar-refractivity contribution in [2.45, 2.75) is 31.2 Å². The van der Waals surface area contributed by atoms with E-state index in [2.05, 4.69) is 10.3 Å². The van der Waals surface area contributed by atoms with E-state index in [9.17, 15) is 40.7 Å². The Hall–Kier alpha value is -2.84. The Balaban J connectivity index is 0.00000110. The average Bonchev–Trinajstić information content (AvgIpc) is 2.66. The highest BCUT2D eigenvalue weighted by atomic mass is 32.2. The molecule has 1 rings (SSSR count). The molecule has 2 amide bonds. The van der Waals surface area contributed by atoms with Gasteiger partial charge in [-0.25, -0.2) is 4.79 Å². The molecule has 0 spiro atoms. The number of ketones is 1.